The first kappa shape index (κ1) is 11.0. The standard InChI is InChI=1S/C11H24N2/c1-8-4-9(10(13)7-12)6-11(2,3)5-8/h8-10H,4-7,12-13H2,1-3H3. The van der Waals surface area contributed by atoms with Crippen LogP contribution in [0.2, 0.25) is 0 Å². The molecule has 0 bridgehead atoms. The number of hydrogen-bond donors (Lipinski definition) is 2. The van der Waals surface area contributed by atoms with E-state index in [0.29, 0.717) is 17.9 Å². The summed E-state index contributed by atoms with van der Waals surface area (Å²) in [5, 5.41) is 0. The molecular weight excluding hydrogens is 160 g/mol. The second-order valence-electron chi connectivity index (χ2n) is 5.57. The van der Waals surface area contributed by atoms with Gasteiger partial charge in [-0.2, -0.15) is 0 Å². The molecule has 0 aromatic heterocycles. The molecule has 1 aliphatic rings. The smallest absolute Gasteiger partial charge is 0.0192 e. The predicted molar refractivity (Wildman–Crippen MR) is 57.3 cm³/mol. The molecule has 13 heavy (non-hydrogen) atoms. The van der Waals surface area contributed by atoms with Crippen LogP contribution in [-0.4, -0.2) is 12.6 Å². The molecule has 0 spiro atoms. The second kappa shape index (κ2) is 3.97. The van der Waals surface area contributed by atoms with Crippen molar-refractivity contribution in [1.82, 2.24) is 0 Å². The van der Waals surface area contributed by atoms with Gasteiger partial charge in [0.05, 0.1) is 0 Å². The van der Waals surface area contributed by atoms with Crippen molar-refractivity contribution in [3.63, 3.8) is 0 Å². The van der Waals surface area contributed by atoms with Crippen molar-refractivity contribution in [3.8, 4) is 0 Å². The topological polar surface area (TPSA) is 52.0 Å². The average molecular weight is 184 g/mol. The van der Waals surface area contributed by atoms with E-state index in [1.807, 2.05) is 0 Å². The Balaban J connectivity index is 2.57. The van der Waals surface area contributed by atoms with Gasteiger partial charge in [-0.3, -0.25) is 0 Å². The van der Waals surface area contributed by atoms with Crippen molar-refractivity contribution in [2.75, 3.05) is 6.54 Å². The van der Waals surface area contributed by atoms with Crippen molar-refractivity contribution in [3.05, 3.63) is 0 Å². The van der Waals surface area contributed by atoms with Crippen LogP contribution in [0, 0.1) is 17.3 Å². The lowest BCUT2D eigenvalue weighted by atomic mass is 9.66. The number of nitrogens with two attached hydrogens (primary N) is 2. The summed E-state index contributed by atoms with van der Waals surface area (Å²) >= 11 is 0. The first-order valence-corrected chi connectivity index (χ1v) is 5.40. The molecule has 0 heterocycles. The van der Waals surface area contributed by atoms with Crippen molar-refractivity contribution >= 4 is 0 Å². The highest BCUT2D eigenvalue weighted by atomic mass is 14.7. The maximum Gasteiger partial charge on any atom is 0.0192 e. The van der Waals surface area contributed by atoms with Crippen LogP contribution in [0.4, 0.5) is 0 Å². The van der Waals surface area contributed by atoms with Crippen LogP contribution in [0.3, 0.4) is 0 Å². The Morgan fingerprint density at radius 2 is 2.00 bits per heavy atom. The lowest BCUT2D eigenvalue weighted by Gasteiger charge is -2.41. The van der Waals surface area contributed by atoms with E-state index in [1.165, 1.54) is 19.3 Å². The first-order chi connectivity index (χ1) is 5.94. The van der Waals surface area contributed by atoms with Crippen LogP contribution in [-0.2, 0) is 0 Å². The molecule has 0 aromatic rings. The van der Waals surface area contributed by atoms with Gasteiger partial charge in [0.25, 0.3) is 0 Å². The predicted octanol–water partition coefficient (Wildman–Crippen LogP) is 1.73. The van der Waals surface area contributed by atoms with Gasteiger partial charge in [0.2, 0.25) is 0 Å². The molecule has 2 heteroatoms. The highest BCUT2D eigenvalue weighted by Gasteiger charge is 2.34. The Bertz CT molecular complexity index is 165. The maximum atomic E-state index is 6.01. The summed E-state index contributed by atoms with van der Waals surface area (Å²) in [7, 11) is 0. The van der Waals surface area contributed by atoms with E-state index in [2.05, 4.69) is 20.8 Å². The third-order valence-electron chi connectivity index (χ3n) is 3.30. The Morgan fingerprint density at radius 3 is 2.46 bits per heavy atom. The fourth-order valence-electron chi connectivity index (χ4n) is 2.94. The van der Waals surface area contributed by atoms with E-state index in [-0.39, 0.29) is 6.04 Å². The molecule has 1 saturated carbocycles. The van der Waals surface area contributed by atoms with Gasteiger partial charge in [0.15, 0.2) is 0 Å². The summed E-state index contributed by atoms with van der Waals surface area (Å²) in [6, 6.07) is 0.210. The van der Waals surface area contributed by atoms with Crippen LogP contribution >= 0.6 is 0 Å². The molecule has 1 rings (SSSR count). The van der Waals surface area contributed by atoms with E-state index in [9.17, 15) is 0 Å². The summed E-state index contributed by atoms with van der Waals surface area (Å²) in [5.74, 6) is 1.45. The summed E-state index contributed by atoms with van der Waals surface area (Å²) in [6.45, 7) is 7.66. The summed E-state index contributed by atoms with van der Waals surface area (Å²) in [5.41, 5.74) is 12.1. The molecular formula is C11H24N2. The Morgan fingerprint density at radius 1 is 1.38 bits per heavy atom. The van der Waals surface area contributed by atoms with Gasteiger partial charge >= 0.3 is 0 Å². The van der Waals surface area contributed by atoms with E-state index in [0.717, 1.165) is 5.92 Å². The van der Waals surface area contributed by atoms with E-state index in [1.54, 1.807) is 0 Å². The van der Waals surface area contributed by atoms with Crippen molar-refractivity contribution in [1.29, 1.82) is 0 Å². The Kier molecular flexibility index (Phi) is 3.36. The fourth-order valence-corrected chi connectivity index (χ4v) is 2.94. The molecule has 0 aromatic carbocycles. The first-order valence-electron chi connectivity index (χ1n) is 5.40. The van der Waals surface area contributed by atoms with E-state index < -0.39 is 0 Å². The highest BCUT2D eigenvalue weighted by molar-refractivity contribution is 4.87. The zero-order chi connectivity index (χ0) is 10.1. The molecule has 2 nitrogen and oxygen atoms in total. The van der Waals surface area contributed by atoms with Gasteiger partial charge in [-0.25, -0.2) is 0 Å². The van der Waals surface area contributed by atoms with Crippen molar-refractivity contribution in [2.45, 2.75) is 46.1 Å². The van der Waals surface area contributed by atoms with Crippen molar-refractivity contribution < 1.29 is 0 Å². The minimum Gasteiger partial charge on any atom is -0.329 e. The third-order valence-corrected chi connectivity index (χ3v) is 3.30. The highest BCUT2D eigenvalue weighted by Crippen LogP contribution is 2.42. The largest absolute Gasteiger partial charge is 0.329 e. The maximum absolute atomic E-state index is 6.01. The van der Waals surface area contributed by atoms with Crippen LogP contribution in [0.1, 0.15) is 40.0 Å². The van der Waals surface area contributed by atoms with Gasteiger partial charge in [0.1, 0.15) is 0 Å². The van der Waals surface area contributed by atoms with Crippen LogP contribution in [0.5, 0.6) is 0 Å². The monoisotopic (exact) mass is 184 g/mol. The fraction of sp³-hybridized carbons (Fsp3) is 1.00. The minimum atomic E-state index is 0.210. The zero-order valence-electron chi connectivity index (χ0n) is 9.22. The number of rotatable bonds is 2. The third kappa shape index (κ3) is 2.96. The van der Waals surface area contributed by atoms with Crippen molar-refractivity contribution in [2.24, 2.45) is 28.7 Å². The molecule has 0 saturated heterocycles. The Hall–Kier alpha value is -0.0800. The lowest BCUT2D eigenvalue weighted by Crippen LogP contribution is -2.42. The van der Waals surface area contributed by atoms with Crippen LogP contribution in [0.15, 0.2) is 0 Å². The zero-order valence-corrected chi connectivity index (χ0v) is 9.22. The molecule has 4 N–H and O–H groups in total. The van der Waals surface area contributed by atoms with Gasteiger partial charge in [-0.1, -0.05) is 20.8 Å². The quantitative estimate of drug-likeness (QED) is 0.687. The molecule has 0 amide bonds. The molecule has 3 atom stereocenters. The average Bonchev–Trinajstić information content (AvgIpc) is 1.99. The second-order valence-corrected chi connectivity index (χ2v) is 5.57. The van der Waals surface area contributed by atoms with Gasteiger partial charge < -0.3 is 11.5 Å². The SMILES string of the molecule is CC1CC(C(N)CN)CC(C)(C)C1. The lowest BCUT2D eigenvalue weighted by molar-refractivity contribution is 0.118. The molecule has 1 fully saturated rings. The Labute approximate surface area is 82.1 Å². The van der Waals surface area contributed by atoms with E-state index >= 15 is 0 Å². The summed E-state index contributed by atoms with van der Waals surface area (Å²) < 4.78 is 0. The van der Waals surface area contributed by atoms with Gasteiger partial charge in [-0.05, 0) is 36.5 Å². The summed E-state index contributed by atoms with van der Waals surface area (Å²) in [6.07, 6.45) is 3.85. The molecule has 78 valence electrons. The van der Waals surface area contributed by atoms with Crippen LogP contribution < -0.4 is 11.5 Å². The van der Waals surface area contributed by atoms with Gasteiger partial charge in [-0.15, -0.1) is 0 Å². The normalized spacial score (nSPS) is 35.8. The van der Waals surface area contributed by atoms with Crippen LogP contribution in [0.25, 0.3) is 0 Å². The van der Waals surface area contributed by atoms with E-state index in [4.69, 9.17) is 11.5 Å². The molecule has 3 unspecified atom stereocenters. The minimum absolute atomic E-state index is 0.210. The molecule has 1 aliphatic carbocycles. The number of hydrogen-bond acceptors (Lipinski definition) is 2. The molecule has 0 aliphatic heterocycles. The van der Waals surface area contributed by atoms with Gasteiger partial charge in [0, 0.05) is 12.6 Å². The summed E-state index contributed by atoms with van der Waals surface area (Å²) in [4.78, 5) is 0. The molecule has 0 radical (unpaired) electrons.